The highest BCUT2D eigenvalue weighted by atomic mass is 79.9. The minimum absolute atomic E-state index is 0.177. The van der Waals surface area contributed by atoms with E-state index in [2.05, 4.69) is 26.0 Å². The smallest absolute Gasteiger partial charge is 0.239 e. The predicted octanol–water partition coefficient (Wildman–Crippen LogP) is 3.12. The Morgan fingerprint density at radius 1 is 1.08 bits per heavy atom. The van der Waals surface area contributed by atoms with E-state index in [0.29, 0.717) is 11.3 Å². The van der Waals surface area contributed by atoms with Crippen LogP contribution in [0.25, 0.3) is 0 Å². The van der Waals surface area contributed by atoms with Crippen molar-refractivity contribution in [3.05, 3.63) is 63.6 Å². The van der Waals surface area contributed by atoms with Crippen molar-refractivity contribution in [2.75, 3.05) is 11.9 Å². The Bertz CT molecular complexity index is 851. The van der Waals surface area contributed by atoms with Gasteiger partial charge in [-0.15, -0.1) is 0 Å². The number of halogens is 1. The van der Waals surface area contributed by atoms with Gasteiger partial charge in [0.15, 0.2) is 0 Å². The fourth-order valence-corrected chi connectivity index (χ4v) is 3.62. The number of nitrogens with one attached hydrogen (secondary N) is 2. The molecule has 0 unspecified atom stereocenters. The summed E-state index contributed by atoms with van der Waals surface area (Å²) in [6, 6.07) is 12.6. The maximum Gasteiger partial charge on any atom is 0.239 e. The van der Waals surface area contributed by atoms with Crippen molar-refractivity contribution in [3.63, 3.8) is 0 Å². The van der Waals surface area contributed by atoms with E-state index in [1.54, 1.807) is 24.3 Å². The van der Waals surface area contributed by atoms with Crippen LogP contribution < -0.4 is 10.0 Å². The van der Waals surface area contributed by atoms with E-state index in [0.717, 1.165) is 15.6 Å². The first kappa shape index (κ1) is 18.6. The van der Waals surface area contributed by atoms with Crippen LogP contribution in [0.3, 0.4) is 0 Å². The van der Waals surface area contributed by atoms with Gasteiger partial charge in [-0.25, -0.2) is 13.1 Å². The van der Waals surface area contributed by atoms with Crippen LogP contribution in [0.2, 0.25) is 0 Å². The highest BCUT2D eigenvalue weighted by molar-refractivity contribution is 9.10. The summed E-state index contributed by atoms with van der Waals surface area (Å²) in [7, 11) is -3.59. The molecule has 2 N–H and O–H groups in total. The fraction of sp³-hybridized carbons (Fsp3) is 0.235. The summed E-state index contributed by atoms with van der Waals surface area (Å²) in [5.41, 5.74) is 3.48. The Labute approximate surface area is 150 Å². The van der Waals surface area contributed by atoms with Crippen LogP contribution in [-0.2, 0) is 20.6 Å². The third-order valence-corrected chi connectivity index (χ3v) is 5.28. The van der Waals surface area contributed by atoms with Crippen molar-refractivity contribution in [3.8, 4) is 0 Å². The molecular formula is C17H19BrN2O3S. The Kier molecular flexibility index (Phi) is 6.15. The SMILES string of the molecule is Cc1ccc(NC(=O)CNS(=O)(=O)Cc2cccc(Br)c2)cc1C. The first-order chi connectivity index (χ1) is 11.2. The van der Waals surface area contributed by atoms with Crippen LogP contribution in [0.5, 0.6) is 0 Å². The highest BCUT2D eigenvalue weighted by Crippen LogP contribution is 2.15. The molecule has 0 aliphatic rings. The molecule has 0 aliphatic heterocycles. The van der Waals surface area contributed by atoms with Gasteiger partial charge in [0.1, 0.15) is 0 Å². The van der Waals surface area contributed by atoms with E-state index in [1.165, 1.54) is 0 Å². The molecule has 128 valence electrons. The molecular weight excluding hydrogens is 392 g/mol. The standard InChI is InChI=1S/C17H19BrN2O3S/c1-12-6-7-16(8-13(12)2)20-17(21)10-19-24(22,23)11-14-4-3-5-15(18)9-14/h3-9,19H,10-11H2,1-2H3,(H,20,21). The van der Waals surface area contributed by atoms with Gasteiger partial charge >= 0.3 is 0 Å². The molecule has 0 saturated heterocycles. The lowest BCUT2D eigenvalue weighted by Gasteiger charge is -2.09. The van der Waals surface area contributed by atoms with Crippen molar-refractivity contribution in [1.82, 2.24) is 4.72 Å². The van der Waals surface area contributed by atoms with Gasteiger partial charge in [-0.05, 0) is 54.8 Å². The first-order valence-electron chi connectivity index (χ1n) is 7.34. The molecule has 2 aromatic rings. The number of rotatable bonds is 6. The molecule has 0 heterocycles. The number of benzene rings is 2. The van der Waals surface area contributed by atoms with Gasteiger partial charge in [0.25, 0.3) is 0 Å². The second-order valence-electron chi connectivity index (χ2n) is 5.56. The molecule has 0 bridgehead atoms. The molecule has 0 aliphatic carbocycles. The number of sulfonamides is 1. The monoisotopic (exact) mass is 410 g/mol. The van der Waals surface area contributed by atoms with E-state index in [9.17, 15) is 13.2 Å². The molecule has 0 atom stereocenters. The van der Waals surface area contributed by atoms with Crippen LogP contribution in [0.4, 0.5) is 5.69 Å². The zero-order valence-electron chi connectivity index (χ0n) is 13.5. The lowest BCUT2D eigenvalue weighted by atomic mass is 10.1. The van der Waals surface area contributed by atoms with Crippen LogP contribution in [0.15, 0.2) is 46.9 Å². The maximum absolute atomic E-state index is 12.1. The number of hydrogen-bond acceptors (Lipinski definition) is 3. The molecule has 7 heteroatoms. The van der Waals surface area contributed by atoms with E-state index in [1.807, 2.05) is 32.0 Å². The quantitative estimate of drug-likeness (QED) is 0.767. The lowest BCUT2D eigenvalue weighted by molar-refractivity contribution is -0.115. The summed E-state index contributed by atoms with van der Waals surface area (Å²) in [6.45, 7) is 3.63. The van der Waals surface area contributed by atoms with Crippen LogP contribution in [0, 0.1) is 13.8 Å². The van der Waals surface area contributed by atoms with Gasteiger partial charge in [0.2, 0.25) is 15.9 Å². The predicted molar refractivity (Wildman–Crippen MR) is 99.3 cm³/mol. The number of amides is 1. The third kappa shape index (κ3) is 5.74. The fourth-order valence-electron chi connectivity index (χ4n) is 2.10. The van der Waals surface area contributed by atoms with Crippen LogP contribution in [-0.4, -0.2) is 20.9 Å². The van der Waals surface area contributed by atoms with E-state index >= 15 is 0 Å². The molecule has 5 nitrogen and oxygen atoms in total. The largest absolute Gasteiger partial charge is 0.325 e. The number of hydrogen-bond donors (Lipinski definition) is 2. The summed E-state index contributed by atoms with van der Waals surface area (Å²) in [6.07, 6.45) is 0. The number of anilines is 1. The summed E-state index contributed by atoms with van der Waals surface area (Å²) in [5.74, 6) is -0.584. The Morgan fingerprint density at radius 3 is 2.50 bits per heavy atom. The summed E-state index contributed by atoms with van der Waals surface area (Å²) < 4.78 is 27.2. The Hall–Kier alpha value is -1.70. The van der Waals surface area contributed by atoms with Gasteiger partial charge in [-0.1, -0.05) is 34.1 Å². The lowest BCUT2D eigenvalue weighted by Crippen LogP contribution is -2.33. The third-order valence-electron chi connectivity index (χ3n) is 3.49. The average Bonchev–Trinajstić information content (AvgIpc) is 2.49. The minimum Gasteiger partial charge on any atom is -0.325 e. The number of carbonyl (C=O) groups excluding carboxylic acids is 1. The average molecular weight is 411 g/mol. The second-order valence-corrected chi connectivity index (χ2v) is 8.28. The van der Waals surface area contributed by atoms with E-state index in [4.69, 9.17) is 0 Å². The van der Waals surface area contributed by atoms with Crippen molar-refractivity contribution >= 4 is 37.5 Å². The molecule has 0 spiro atoms. The second kappa shape index (κ2) is 7.92. The van der Waals surface area contributed by atoms with Gasteiger partial charge in [-0.2, -0.15) is 0 Å². The highest BCUT2D eigenvalue weighted by Gasteiger charge is 2.14. The van der Waals surface area contributed by atoms with Crippen molar-refractivity contribution in [2.24, 2.45) is 0 Å². The van der Waals surface area contributed by atoms with Gasteiger partial charge < -0.3 is 5.32 Å². The zero-order chi connectivity index (χ0) is 17.7. The summed E-state index contributed by atoms with van der Waals surface area (Å²) in [4.78, 5) is 11.9. The van der Waals surface area contributed by atoms with Crippen molar-refractivity contribution in [1.29, 1.82) is 0 Å². The zero-order valence-corrected chi connectivity index (χ0v) is 15.9. The maximum atomic E-state index is 12.1. The van der Waals surface area contributed by atoms with Crippen molar-refractivity contribution < 1.29 is 13.2 Å². The minimum atomic E-state index is -3.59. The topological polar surface area (TPSA) is 75.3 Å². The summed E-state index contributed by atoms with van der Waals surface area (Å²) in [5, 5.41) is 2.68. The molecule has 0 fully saturated rings. The van der Waals surface area contributed by atoms with Gasteiger partial charge in [-0.3, -0.25) is 4.79 Å². The van der Waals surface area contributed by atoms with E-state index in [-0.39, 0.29) is 12.3 Å². The normalized spacial score (nSPS) is 11.3. The van der Waals surface area contributed by atoms with Crippen LogP contribution in [0.1, 0.15) is 16.7 Å². The molecule has 0 saturated carbocycles. The van der Waals surface area contributed by atoms with Gasteiger partial charge in [0, 0.05) is 10.2 Å². The summed E-state index contributed by atoms with van der Waals surface area (Å²) >= 11 is 3.30. The Balaban J connectivity index is 1.91. The number of aryl methyl sites for hydroxylation is 2. The van der Waals surface area contributed by atoms with Crippen LogP contribution >= 0.6 is 15.9 Å². The molecule has 2 aromatic carbocycles. The van der Waals surface area contributed by atoms with Crippen molar-refractivity contribution in [2.45, 2.75) is 19.6 Å². The molecule has 1 amide bonds. The molecule has 2 rings (SSSR count). The van der Waals surface area contributed by atoms with Gasteiger partial charge in [0.05, 0.1) is 12.3 Å². The first-order valence-corrected chi connectivity index (χ1v) is 9.78. The Morgan fingerprint density at radius 2 is 1.83 bits per heavy atom. The molecule has 24 heavy (non-hydrogen) atoms. The van der Waals surface area contributed by atoms with E-state index < -0.39 is 15.9 Å². The molecule has 0 aromatic heterocycles. The number of carbonyl (C=O) groups is 1. The molecule has 0 radical (unpaired) electrons.